The van der Waals surface area contributed by atoms with Crippen molar-refractivity contribution in [3.63, 3.8) is 0 Å². The second-order valence-corrected chi connectivity index (χ2v) is 11.0. The summed E-state index contributed by atoms with van der Waals surface area (Å²) in [5, 5.41) is -1.67. The topological polar surface area (TPSA) is 71.4 Å². The van der Waals surface area contributed by atoms with Crippen LogP contribution in [0.1, 0.15) is 28.9 Å². The second kappa shape index (κ2) is 10.9. The number of ether oxygens (including phenoxy) is 2. The summed E-state index contributed by atoms with van der Waals surface area (Å²) in [6, 6.07) is 14.5. The fourth-order valence-electron chi connectivity index (χ4n) is 4.46. The van der Waals surface area contributed by atoms with Gasteiger partial charge in [0.1, 0.15) is 34.2 Å². The van der Waals surface area contributed by atoms with E-state index in [1.807, 2.05) is 24.3 Å². The average Bonchev–Trinajstić information content (AvgIpc) is 2.88. The van der Waals surface area contributed by atoms with E-state index in [1.165, 1.54) is 14.0 Å². The number of hydrogen-bond donors (Lipinski definition) is 0. The molecule has 0 amide bonds. The Bertz CT molecular complexity index is 1360. The minimum Gasteiger partial charge on any atom is -0.497 e. The Morgan fingerprint density at radius 3 is 1.74 bits per heavy atom. The predicted molar refractivity (Wildman–Crippen MR) is 138 cm³/mol. The zero-order chi connectivity index (χ0) is 27.6. The van der Waals surface area contributed by atoms with Gasteiger partial charge in [0.15, 0.2) is 0 Å². The number of benzene rings is 3. The van der Waals surface area contributed by atoms with Crippen LogP contribution in [0.2, 0.25) is 0 Å². The molecule has 11 heteroatoms. The van der Waals surface area contributed by atoms with Crippen molar-refractivity contribution in [3.8, 4) is 11.5 Å². The number of aliphatic imine (C=N–C) groups is 1. The Morgan fingerprint density at radius 1 is 0.868 bits per heavy atom. The van der Waals surface area contributed by atoms with Gasteiger partial charge in [-0.25, -0.2) is 30.9 Å². The number of nitrogens with zero attached hydrogens (tertiary/aromatic N) is 3. The molecule has 7 nitrogen and oxygen atoms in total. The summed E-state index contributed by atoms with van der Waals surface area (Å²) >= 11 is 0. The molecule has 4 rings (SSSR count). The number of halogens is 3. The van der Waals surface area contributed by atoms with Crippen molar-refractivity contribution in [1.82, 2.24) is 9.21 Å². The standard InChI is InChI=1S/C27H28F3N3O4S/c1-17-26(25-23(29)13-20(28)14-24(25)30)38(34,35)32(2)27(31-17)33(15-18-5-9-21(36-3)10-6-18)16-19-7-11-22(37-4)12-8-19/h5-14,17,26H,15-16H2,1-4H3/t17-,26?/m1/s1. The molecule has 3 aromatic carbocycles. The molecule has 0 saturated heterocycles. The first kappa shape index (κ1) is 27.3. The van der Waals surface area contributed by atoms with E-state index in [1.54, 1.807) is 43.4 Å². The van der Waals surface area contributed by atoms with E-state index in [2.05, 4.69) is 4.99 Å². The first-order valence-electron chi connectivity index (χ1n) is 11.8. The normalized spacial score (nSPS) is 18.6. The van der Waals surface area contributed by atoms with E-state index >= 15 is 0 Å². The summed E-state index contributed by atoms with van der Waals surface area (Å²) in [6.07, 6.45) is 0. The zero-order valence-electron chi connectivity index (χ0n) is 21.4. The maximum atomic E-state index is 14.7. The number of sulfonamides is 1. The number of rotatable bonds is 7. The smallest absolute Gasteiger partial charge is 0.246 e. The minimum atomic E-state index is -4.34. The van der Waals surface area contributed by atoms with Gasteiger partial charge in [0.25, 0.3) is 0 Å². The second-order valence-electron chi connectivity index (χ2n) is 8.94. The monoisotopic (exact) mass is 547 g/mol. The fourth-order valence-corrected chi connectivity index (χ4v) is 6.27. The van der Waals surface area contributed by atoms with Gasteiger partial charge in [-0.3, -0.25) is 0 Å². The van der Waals surface area contributed by atoms with Gasteiger partial charge >= 0.3 is 0 Å². The van der Waals surface area contributed by atoms with Crippen LogP contribution in [-0.2, 0) is 23.1 Å². The minimum absolute atomic E-state index is 0.114. The Morgan fingerprint density at radius 2 is 1.32 bits per heavy atom. The van der Waals surface area contributed by atoms with Crippen LogP contribution >= 0.6 is 0 Å². The molecule has 0 bridgehead atoms. The lowest BCUT2D eigenvalue weighted by Crippen LogP contribution is -2.51. The molecule has 0 spiro atoms. The first-order chi connectivity index (χ1) is 18.0. The molecule has 2 atom stereocenters. The summed E-state index contributed by atoms with van der Waals surface area (Å²) in [4.78, 5) is 6.36. The number of methoxy groups -OCH3 is 2. The number of hydrogen-bond acceptors (Lipinski definition) is 6. The van der Waals surface area contributed by atoms with Gasteiger partial charge in [0.05, 0.1) is 20.3 Å². The highest BCUT2D eigenvalue weighted by Crippen LogP contribution is 2.38. The third-order valence-electron chi connectivity index (χ3n) is 6.42. The maximum absolute atomic E-state index is 14.7. The Hall–Kier alpha value is -3.73. The summed E-state index contributed by atoms with van der Waals surface area (Å²) in [5.74, 6) is -2.22. The van der Waals surface area contributed by atoms with E-state index in [4.69, 9.17) is 9.47 Å². The maximum Gasteiger partial charge on any atom is 0.246 e. The van der Waals surface area contributed by atoms with Gasteiger partial charge < -0.3 is 14.4 Å². The van der Waals surface area contributed by atoms with Crippen LogP contribution in [0.15, 0.2) is 65.7 Å². The van der Waals surface area contributed by atoms with Crippen molar-refractivity contribution >= 4 is 16.0 Å². The largest absolute Gasteiger partial charge is 0.497 e. The SMILES string of the molecule is COc1ccc(CN(Cc2ccc(OC)cc2)C2=N[C@H](C)C(c3c(F)cc(F)cc3F)S(=O)(=O)N2C)cc1. The highest BCUT2D eigenvalue weighted by molar-refractivity contribution is 7.90. The molecule has 0 aromatic heterocycles. The van der Waals surface area contributed by atoms with E-state index in [-0.39, 0.29) is 19.0 Å². The van der Waals surface area contributed by atoms with E-state index in [0.717, 1.165) is 15.4 Å². The third kappa shape index (κ3) is 5.42. The fraction of sp³-hybridized carbons (Fsp3) is 0.296. The zero-order valence-corrected chi connectivity index (χ0v) is 22.2. The highest BCUT2D eigenvalue weighted by atomic mass is 32.2. The molecule has 1 aliphatic heterocycles. The van der Waals surface area contributed by atoms with Crippen LogP contribution in [0.3, 0.4) is 0 Å². The molecule has 1 unspecified atom stereocenters. The summed E-state index contributed by atoms with van der Waals surface area (Å²) in [7, 11) is 0.0724. The molecular formula is C27H28F3N3O4S. The van der Waals surface area contributed by atoms with Gasteiger partial charge in [-0.05, 0) is 42.3 Å². The summed E-state index contributed by atoms with van der Waals surface area (Å²) in [5.41, 5.74) is 0.988. The molecule has 202 valence electrons. The average molecular weight is 548 g/mol. The summed E-state index contributed by atoms with van der Waals surface area (Å²) in [6.45, 7) is 2.03. The van der Waals surface area contributed by atoms with Crippen LogP contribution in [-0.4, -0.2) is 50.9 Å². The van der Waals surface area contributed by atoms with Crippen molar-refractivity contribution in [1.29, 1.82) is 0 Å². The highest BCUT2D eigenvalue weighted by Gasteiger charge is 2.45. The van der Waals surface area contributed by atoms with Gasteiger partial charge in [0, 0.05) is 37.8 Å². The first-order valence-corrected chi connectivity index (χ1v) is 13.3. The molecule has 0 saturated carbocycles. The van der Waals surface area contributed by atoms with Crippen LogP contribution in [0.4, 0.5) is 13.2 Å². The van der Waals surface area contributed by atoms with E-state index in [9.17, 15) is 21.6 Å². The Labute approximate surface area is 220 Å². The molecule has 0 N–H and O–H groups in total. The Balaban J connectivity index is 1.76. The molecule has 0 radical (unpaired) electrons. The van der Waals surface area contributed by atoms with Crippen molar-refractivity contribution in [2.24, 2.45) is 4.99 Å². The van der Waals surface area contributed by atoms with Gasteiger partial charge in [-0.1, -0.05) is 24.3 Å². The summed E-state index contributed by atoms with van der Waals surface area (Å²) < 4.78 is 81.5. The van der Waals surface area contributed by atoms with Gasteiger partial charge in [-0.2, -0.15) is 0 Å². The van der Waals surface area contributed by atoms with Crippen LogP contribution in [0, 0.1) is 17.5 Å². The van der Waals surface area contributed by atoms with Crippen LogP contribution in [0.5, 0.6) is 11.5 Å². The quantitative estimate of drug-likeness (QED) is 0.422. The molecule has 3 aromatic rings. The van der Waals surface area contributed by atoms with Gasteiger partial charge in [-0.15, -0.1) is 0 Å². The molecule has 38 heavy (non-hydrogen) atoms. The van der Waals surface area contributed by atoms with Crippen molar-refractivity contribution in [2.45, 2.75) is 31.3 Å². The molecular weight excluding hydrogens is 519 g/mol. The number of guanidine groups is 1. The predicted octanol–water partition coefficient (Wildman–Crippen LogP) is 4.88. The molecule has 0 aliphatic carbocycles. The van der Waals surface area contributed by atoms with Crippen molar-refractivity contribution < 1.29 is 31.1 Å². The van der Waals surface area contributed by atoms with Crippen molar-refractivity contribution in [3.05, 3.63) is 94.8 Å². The van der Waals surface area contributed by atoms with Crippen LogP contribution < -0.4 is 9.47 Å². The lowest BCUT2D eigenvalue weighted by atomic mass is 10.1. The van der Waals surface area contributed by atoms with E-state index < -0.39 is 44.3 Å². The lowest BCUT2D eigenvalue weighted by Gasteiger charge is -2.39. The lowest BCUT2D eigenvalue weighted by molar-refractivity contribution is 0.353. The molecule has 1 aliphatic rings. The van der Waals surface area contributed by atoms with E-state index in [0.29, 0.717) is 23.6 Å². The third-order valence-corrected chi connectivity index (χ3v) is 8.62. The van der Waals surface area contributed by atoms with Crippen molar-refractivity contribution in [2.75, 3.05) is 21.3 Å². The van der Waals surface area contributed by atoms with Gasteiger partial charge in [0.2, 0.25) is 16.0 Å². The Kier molecular flexibility index (Phi) is 7.86. The van der Waals surface area contributed by atoms with Crippen LogP contribution in [0.25, 0.3) is 0 Å². The molecule has 1 heterocycles. The molecule has 0 fully saturated rings.